The molecule has 122 valence electrons. The van der Waals surface area contributed by atoms with Gasteiger partial charge in [0.1, 0.15) is 0 Å². The fraction of sp³-hybridized carbons (Fsp3) is 0.833. The monoisotopic (exact) mass is 286 g/mol. The number of carbonyl (C=O) groups excluding carboxylic acids is 1. The Bertz CT molecular complexity index is 263. The van der Waals surface area contributed by atoms with Crippen molar-refractivity contribution in [3.8, 4) is 0 Å². The molecular formula is C18H39NO. The molecule has 0 fully saturated rings. The maximum atomic E-state index is 10.8. The van der Waals surface area contributed by atoms with Crippen LogP contribution >= 0.6 is 0 Å². The predicted molar refractivity (Wildman–Crippen MR) is 92.9 cm³/mol. The molecule has 20 heavy (non-hydrogen) atoms. The van der Waals surface area contributed by atoms with E-state index < -0.39 is 0 Å². The molecule has 0 aliphatic rings. The van der Waals surface area contributed by atoms with E-state index in [1.807, 2.05) is 20.8 Å². The summed E-state index contributed by atoms with van der Waals surface area (Å²) in [7, 11) is 3.53. The smallest absolute Gasteiger partial charge is 0.224 e. The van der Waals surface area contributed by atoms with Crippen molar-refractivity contribution in [2.75, 3.05) is 14.1 Å². The molecule has 0 heterocycles. The van der Waals surface area contributed by atoms with Crippen LogP contribution in [0.2, 0.25) is 0 Å². The van der Waals surface area contributed by atoms with Crippen molar-refractivity contribution in [2.45, 2.75) is 68.7 Å². The van der Waals surface area contributed by atoms with Crippen LogP contribution in [0.5, 0.6) is 0 Å². The minimum Gasteiger partial charge on any atom is -0.349 e. The van der Waals surface area contributed by atoms with Gasteiger partial charge in [0.15, 0.2) is 0 Å². The molecule has 1 unspecified atom stereocenters. The Balaban J connectivity index is -0.000000234. The number of hydrogen-bond donors (Lipinski definition) is 0. The zero-order valence-electron chi connectivity index (χ0n) is 16.7. The summed E-state index contributed by atoms with van der Waals surface area (Å²) in [6.07, 6.45) is 2.26. The van der Waals surface area contributed by atoms with E-state index in [-0.39, 0.29) is 18.2 Å². The Morgan fingerprint density at radius 3 is 1.45 bits per heavy atom. The van der Waals surface area contributed by atoms with Gasteiger partial charge < -0.3 is 4.90 Å². The molecule has 0 aromatic rings. The van der Waals surface area contributed by atoms with Crippen molar-refractivity contribution in [1.82, 2.24) is 4.90 Å². The Labute approximate surface area is 130 Å². The summed E-state index contributed by atoms with van der Waals surface area (Å²) >= 11 is 0. The lowest BCUT2D eigenvalue weighted by molar-refractivity contribution is -0.131. The van der Waals surface area contributed by atoms with Crippen LogP contribution in [0.1, 0.15) is 70.1 Å². The van der Waals surface area contributed by atoms with Crippen LogP contribution in [0.25, 0.3) is 0 Å². The molecule has 0 rings (SSSR count). The molecular weight excluding hydrogens is 246 g/mol. The molecule has 0 aromatic heterocycles. The molecule has 0 saturated carbocycles. The second-order valence-electron chi connectivity index (χ2n) is 6.15. The van der Waals surface area contributed by atoms with E-state index >= 15 is 0 Å². The summed E-state index contributed by atoms with van der Waals surface area (Å²) in [5, 5.41) is 0. The maximum absolute atomic E-state index is 10.8. The van der Waals surface area contributed by atoms with E-state index in [4.69, 9.17) is 1.37 Å². The average molecular weight is 287 g/mol. The van der Waals surface area contributed by atoms with Crippen molar-refractivity contribution < 1.29 is 6.17 Å². The number of rotatable bonds is 3. The van der Waals surface area contributed by atoms with Gasteiger partial charge in [-0.05, 0) is 25.7 Å². The maximum Gasteiger partial charge on any atom is 0.224 e. The highest BCUT2D eigenvalue weighted by molar-refractivity contribution is 5.77. The third-order valence-corrected chi connectivity index (χ3v) is 2.97. The highest BCUT2D eigenvalue weighted by Crippen LogP contribution is 2.05. The molecule has 1 atom stereocenters. The molecule has 0 N–H and O–H groups in total. The van der Waals surface area contributed by atoms with Crippen LogP contribution in [0.4, 0.5) is 0 Å². The molecule has 0 aromatic carbocycles. The highest BCUT2D eigenvalue weighted by atomic mass is 16.2. The van der Waals surface area contributed by atoms with Crippen molar-refractivity contribution in [3.05, 3.63) is 11.6 Å². The zero-order valence-corrected chi connectivity index (χ0v) is 15.7. The largest absolute Gasteiger partial charge is 0.349 e. The Morgan fingerprint density at radius 2 is 1.45 bits per heavy atom. The quantitative estimate of drug-likeness (QED) is 0.637. The van der Waals surface area contributed by atoms with Gasteiger partial charge in [0.25, 0.3) is 0 Å². The predicted octanol–water partition coefficient (Wildman–Crippen LogP) is 5.39. The molecule has 0 spiro atoms. The number of hydrogen-bond acceptors (Lipinski definition) is 1. The summed E-state index contributed by atoms with van der Waals surface area (Å²) < 4.78 is 7.03. The summed E-state index contributed by atoms with van der Waals surface area (Å²) in [5.41, 5.74) is 1.47. The molecule has 2 nitrogen and oxygen atoms in total. The fourth-order valence-corrected chi connectivity index (χ4v) is 0.850. The second kappa shape index (κ2) is 14.6. The molecule has 0 radical (unpaired) electrons. The van der Waals surface area contributed by atoms with E-state index in [1.54, 1.807) is 19.0 Å². The normalized spacial score (nSPS) is 13.1. The van der Waals surface area contributed by atoms with Gasteiger partial charge in [-0.15, -0.1) is 0 Å². The first kappa shape index (κ1) is 21.5. The van der Waals surface area contributed by atoms with Gasteiger partial charge in [-0.1, -0.05) is 66.5 Å². The fourth-order valence-electron chi connectivity index (χ4n) is 0.850. The molecule has 2 heteroatoms. The van der Waals surface area contributed by atoms with E-state index in [2.05, 4.69) is 47.6 Å². The van der Waals surface area contributed by atoms with Gasteiger partial charge in [-0.25, -0.2) is 0 Å². The Hall–Kier alpha value is -0.790. The molecule has 1 amide bonds. The van der Waals surface area contributed by atoms with Gasteiger partial charge in [-0.3, -0.25) is 4.79 Å². The van der Waals surface area contributed by atoms with Gasteiger partial charge in [-0.2, -0.15) is 0 Å². The lowest BCUT2D eigenvalue weighted by atomic mass is 10.1. The Morgan fingerprint density at radius 1 is 1.10 bits per heavy atom. The van der Waals surface area contributed by atoms with E-state index in [9.17, 15) is 4.79 Å². The summed E-state index contributed by atoms with van der Waals surface area (Å²) in [6.45, 7) is 18.4. The first-order valence-electron chi connectivity index (χ1n) is 8.22. The lowest BCUT2D eigenvalue weighted by Gasteiger charge is -2.11. The Kier molecular flexibility index (Phi) is 15.7. The van der Waals surface area contributed by atoms with Crippen LogP contribution in [0, 0.1) is 17.8 Å². The molecule has 0 aliphatic carbocycles. The third-order valence-electron chi connectivity index (χ3n) is 2.97. The molecule has 0 bridgehead atoms. The van der Waals surface area contributed by atoms with Crippen molar-refractivity contribution in [2.24, 2.45) is 17.8 Å². The number of carbonyl (C=O) groups is 1. The van der Waals surface area contributed by atoms with Crippen LogP contribution in [-0.2, 0) is 4.79 Å². The van der Waals surface area contributed by atoms with Gasteiger partial charge in [0.2, 0.25) is 5.91 Å². The standard InChI is InChI=1S/C7H14.C6H13NO.C5H12/c1-5-7(4)6(2)3;1-5(2)6(8)7(3)4;1-4-5(2)3/h5-6H,1-4H3;5H,1-4H3;5H,4H2,1-3H3/b7-5+;;/i;;4D. The number of amides is 1. The minimum absolute atomic E-state index is 0.102. The van der Waals surface area contributed by atoms with Crippen LogP contribution in [0.3, 0.4) is 0 Å². The number of nitrogens with zero attached hydrogens (tertiary/aromatic N) is 1. The third kappa shape index (κ3) is 19.5. The SMILES string of the molecule is C/C=C(\C)C(C)C.CC(C)C(=O)N(C)C.[2H]C(C)C(C)C. The first-order valence-corrected chi connectivity index (χ1v) is 7.64. The number of allylic oxidation sites excluding steroid dienone is 2. The summed E-state index contributed by atoms with van der Waals surface area (Å²) in [4.78, 5) is 12.4. The highest BCUT2D eigenvalue weighted by Gasteiger charge is 2.06. The first-order chi connectivity index (χ1) is 9.38. The minimum atomic E-state index is 0.102. The summed E-state index contributed by atoms with van der Waals surface area (Å²) in [6, 6.07) is 0. The topological polar surface area (TPSA) is 20.3 Å². The molecule has 0 saturated heterocycles. The van der Waals surface area contributed by atoms with E-state index in [0.29, 0.717) is 5.92 Å². The van der Waals surface area contributed by atoms with E-state index in [0.717, 1.165) is 5.92 Å². The van der Waals surface area contributed by atoms with Crippen LogP contribution in [-0.4, -0.2) is 24.9 Å². The average Bonchev–Trinajstić information content (AvgIpc) is 2.37. The zero-order chi connectivity index (χ0) is 17.7. The van der Waals surface area contributed by atoms with Gasteiger partial charge in [0, 0.05) is 21.4 Å². The van der Waals surface area contributed by atoms with Gasteiger partial charge >= 0.3 is 0 Å². The van der Waals surface area contributed by atoms with Crippen molar-refractivity contribution in [1.29, 1.82) is 0 Å². The lowest BCUT2D eigenvalue weighted by Crippen LogP contribution is -2.26. The van der Waals surface area contributed by atoms with Crippen LogP contribution in [0.15, 0.2) is 11.6 Å². The van der Waals surface area contributed by atoms with Crippen LogP contribution < -0.4 is 0 Å². The van der Waals surface area contributed by atoms with Crippen molar-refractivity contribution in [3.63, 3.8) is 0 Å². The van der Waals surface area contributed by atoms with Crippen molar-refractivity contribution >= 4 is 5.91 Å². The van der Waals surface area contributed by atoms with Gasteiger partial charge in [0.05, 0.1) is 0 Å². The van der Waals surface area contributed by atoms with E-state index in [1.165, 1.54) is 5.57 Å². The molecule has 0 aliphatic heterocycles. The second-order valence-corrected chi connectivity index (χ2v) is 6.15. The summed E-state index contributed by atoms with van der Waals surface area (Å²) in [5.74, 6) is 1.56.